The second-order valence-electron chi connectivity index (χ2n) is 12.4. The minimum atomic E-state index is -4.78. The van der Waals surface area contributed by atoms with E-state index in [9.17, 15) is 19.3 Å². The summed E-state index contributed by atoms with van der Waals surface area (Å²) in [6.45, 7) is 3.04. The maximum Gasteiger partial charge on any atom is 0.469 e. The Kier molecular flexibility index (Phi) is 33.6. The third-order valence-electron chi connectivity index (χ3n) is 7.42. The molecule has 3 N–H and O–H groups in total. The van der Waals surface area contributed by atoms with Gasteiger partial charge in [0.25, 0.3) is 0 Å². The zero-order valence-electron chi connectivity index (χ0n) is 31.3. The molecule has 0 rings (SSSR count). The molecule has 0 spiro atoms. The van der Waals surface area contributed by atoms with E-state index >= 15 is 0 Å². The lowest BCUT2D eigenvalue weighted by Crippen LogP contribution is -2.29. The topological polar surface area (TPSA) is 140 Å². The summed E-state index contributed by atoms with van der Waals surface area (Å²) in [6.07, 6.45) is 44.4. The van der Waals surface area contributed by atoms with E-state index in [0.29, 0.717) is 19.3 Å². The predicted molar refractivity (Wildman–Crippen MR) is 208 cm³/mol. The summed E-state index contributed by atoms with van der Waals surface area (Å²) in [5.74, 6) is -0.997. The average Bonchev–Trinajstić information content (AvgIpc) is 3.08. The van der Waals surface area contributed by atoms with E-state index in [1.165, 1.54) is 0 Å². The Morgan fingerprint density at radius 1 is 0.588 bits per heavy atom. The molecule has 0 heterocycles. The Hall–Kier alpha value is -2.81. The largest absolute Gasteiger partial charge is 0.469 e. The predicted octanol–water partition coefficient (Wildman–Crippen LogP) is 10.3. The van der Waals surface area contributed by atoms with Gasteiger partial charge in [-0.15, -0.1) is 0 Å². The first-order chi connectivity index (χ1) is 24.6. The van der Waals surface area contributed by atoms with Gasteiger partial charge in [0.2, 0.25) is 0 Å². The third-order valence-corrected chi connectivity index (χ3v) is 7.90. The van der Waals surface area contributed by atoms with Gasteiger partial charge in [0.15, 0.2) is 6.10 Å². The molecule has 0 aliphatic carbocycles. The number of phosphoric ester groups is 1. The lowest BCUT2D eigenvalue weighted by atomic mass is 10.1. The van der Waals surface area contributed by atoms with Crippen LogP contribution in [0.15, 0.2) is 85.1 Å². The molecule has 0 aliphatic heterocycles. The molecule has 0 amide bonds. The van der Waals surface area contributed by atoms with E-state index in [-0.39, 0.29) is 25.6 Å². The van der Waals surface area contributed by atoms with Crippen molar-refractivity contribution in [2.24, 2.45) is 0 Å². The highest BCUT2D eigenvalue weighted by Crippen LogP contribution is 2.35. The molecule has 0 aromatic rings. The molecule has 0 fully saturated rings. The molecule has 0 saturated heterocycles. The number of aliphatic hydroxyl groups is 1. The van der Waals surface area contributed by atoms with Crippen LogP contribution in [0.5, 0.6) is 0 Å². The van der Waals surface area contributed by atoms with Gasteiger partial charge in [0.05, 0.1) is 12.7 Å². The Labute approximate surface area is 308 Å². The van der Waals surface area contributed by atoms with Gasteiger partial charge in [-0.05, 0) is 96.8 Å². The molecular formula is C41H67O9P. The quantitative estimate of drug-likeness (QED) is 0.0260. The van der Waals surface area contributed by atoms with Crippen LogP contribution in [-0.2, 0) is 28.2 Å². The summed E-state index contributed by atoms with van der Waals surface area (Å²) < 4.78 is 26.2. The molecule has 0 saturated carbocycles. The molecule has 10 heteroatoms. The molecule has 51 heavy (non-hydrogen) atoms. The summed E-state index contributed by atoms with van der Waals surface area (Å²) in [5, 5.41) is 9.24. The SMILES string of the molecule is CC/C=C\C/C=C\C/C=C\CCCCCCCC(=O)OC[C@H](COP(=O)(O)O)OC(=O)CCC/C=C\C/C=C\C/C=C\C/C=C\CCC[C@H](C)O. The highest BCUT2D eigenvalue weighted by atomic mass is 31.2. The summed E-state index contributed by atoms with van der Waals surface area (Å²) in [7, 11) is -4.78. The third kappa shape index (κ3) is 39.8. The number of carbonyl (C=O) groups excluding carboxylic acids is 2. The number of hydrogen-bond acceptors (Lipinski definition) is 7. The number of allylic oxidation sites excluding steroid dienone is 14. The Morgan fingerprint density at radius 2 is 1.04 bits per heavy atom. The van der Waals surface area contributed by atoms with Crippen molar-refractivity contribution in [1.29, 1.82) is 0 Å². The van der Waals surface area contributed by atoms with Crippen LogP contribution in [0.1, 0.15) is 136 Å². The lowest BCUT2D eigenvalue weighted by Gasteiger charge is -2.18. The van der Waals surface area contributed by atoms with Gasteiger partial charge in [0.1, 0.15) is 6.61 Å². The Balaban J connectivity index is 4.12. The number of rotatable bonds is 33. The summed E-state index contributed by atoms with van der Waals surface area (Å²) in [6, 6.07) is 0. The molecule has 0 bridgehead atoms. The number of carbonyl (C=O) groups is 2. The minimum absolute atomic E-state index is 0.115. The smallest absolute Gasteiger partial charge is 0.462 e. The van der Waals surface area contributed by atoms with Crippen molar-refractivity contribution in [3.63, 3.8) is 0 Å². The summed E-state index contributed by atoms with van der Waals surface area (Å²) >= 11 is 0. The zero-order chi connectivity index (χ0) is 37.7. The van der Waals surface area contributed by atoms with Gasteiger partial charge in [0, 0.05) is 12.8 Å². The number of esters is 2. The van der Waals surface area contributed by atoms with Crippen LogP contribution in [0.25, 0.3) is 0 Å². The summed E-state index contributed by atoms with van der Waals surface area (Å²) in [4.78, 5) is 42.7. The number of phosphoric acid groups is 1. The molecule has 0 aromatic carbocycles. The van der Waals surface area contributed by atoms with E-state index in [0.717, 1.165) is 89.9 Å². The van der Waals surface area contributed by atoms with Gasteiger partial charge >= 0.3 is 19.8 Å². The number of hydrogen-bond donors (Lipinski definition) is 3. The van der Waals surface area contributed by atoms with Crippen LogP contribution in [-0.4, -0.2) is 52.3 Å². The highest BCUT2D eigenvalue weighted by molar-refractivity contribution is 7.46. The van der Waals surface area contributed by atoms with Crippen molar-refractivity contribution in [1.82, 2.24) is 0 Å². The molecule has 0 unspecified atom stereocenters. The van der Waals surface area contributed by atoms with Crippen molar-refractivity contribution in [2.45, 2.75) is 148 Å². The van der Waals surface area contributed by atoms with Gasteiger partial charge in [-0.2, -0.15) is 0 Å². The van der Waals surface area contributed by atoms with Crippen molar-refractivity contribution in [3.8, 4) is 0 Å². The van der Waals surface area contributed by atoms with Gasteiger partial charge in [-0.1, -0.05) is 111 Å². The molecule has 2 atom stereocenters. The first-order valence-electron chi connectivity index (χ1n) is 18.9. The van der Waals surface area contributed by atoms with Crippen molar-refractivity contribution in [3.05, 3.63) is 85.1 Å². The number of ether oxygens (including phenoxy) is 2. The van der Waals surface area contributed by atoms with Crippen LogP contribution in [0, 0.1) is 0 Å². The van der Waals surface area contributed by atoms with Gasteiger partial charge in [-0.3, -0.25) is 14.1 Å². The average molecular weight is 735 g/mol. The van der Waals surface area contributed by atoms with Crippen LogP contribution in [0.4, 0.5) is 0 Å². The van der Waals surface area contributed by atoms with E-state index in [1.807, 2.05) is 19.1 Å². The standard InChI is InChI=1S/C41H67O9P/c1-3-4-5-6-7-8-9-10-12-16-19-22-25-28-31-34-40(43)48-36-39(37-49-51(45,46)47)50-41(44)35-32-29-26-23-20-17-14-11-13-15-18-21-24-27-30-33-38(2)42/h4-5,7-8,10,12-15,17,21,23-24,26,38-39,42H,3,6,9,11,16,18-20,22,25,27-37H2,1-2H3,(H2,45,46,47)/b5-4-,8-7-,12-10-,15-13-,17-14-,24-21-,26-23-/t38-,39+/m0/s1. The zero-order valence-corrected chi connectivity index (χ0v) is 32.2. The molecule has 0 radical (unpaired) electrons. The van der Waals surface area contributed by atoms with Crippen molar-refractivity contribution >= 4 is 19.8 Å². The van der Waals surface area contributed by atoms with Gasteiger partial charge < -0.3 is 24.4 Å². The fourth-order valence-corrected chi connectivity index (χ4v) is 4.99. The molecule has 9 nitrogen and oxygen atoms in total. The molecular weight excluding hydrogens is 667 g/mol. The van der Waals surface area contributed by atoms with Crippen LogP contribution >= 0.6 is 7.82 Å². The molecule has 0 aromatic heterocycles. The second kappa shape index (κ2) is 35.6. The van der Waals surface area contributed by atoms with Gasteiger partial charge in [-0.25, -0.2) is 4.57 Å². The fourth-order valence-electron chi connectivity index (χ4n) is 4.63. The first-order valence-corrected chi connectivity index (χ1v) is 20.4. The Bertz CT molecular complexity index is 1110. The maximum atomic E-state index is 12.3. The maximum absolute atomic E-state index is 12.3. The van der Waals surface area contributed by atoms with Crippen LogP contribution in [0.2, 0.25) is 0 Å². The second-order valence-corrected chi connectivity index (χ2v) is 13.7. The van der Waals surface area contributed by atoms with Crippen molar-refractivity contribution in [2.75, 3.05) is 13.2 Å². The van der Waals surface area contributed by atoms with Crippen LogP contribution < -0.4 is 0 Å². The first kappa shape index (κ1) is 48.2. The minimum Gasteiger partial charge on any atom is -0.462 e. The normalized spacial score (nSPS) is 14.1. The highest BCUT2D eigenvalue weighted by Gasteiger charge is 2.22. The molecule has 290 valence electrons. The van der Waals surface area contributed by atoms with E-state index < -0.39 is 32.5 Å². The Morgan fingerprint density at radius 3 is 1.57 bits per heavy atom. The van der Waals surface area contributed by atoms with Crippen LogP contribution in [0.3, 0.4) is 0 Å². The monoisotopic (exact) mass is 734 g/mol. The number of unbranched alkanes of at least 4 members (excludes halogenated alkanes) is 7. The van der Waals surface area contributed by atoms with E-state index in [2.05, 4.69) is 84.4 Å². The number of aliphatic hydroxyl groups excluding tert-OH is 1. The lowest BCUT2D eigenvalue weighted by molar-refractivity contribution is -0.161. The van der Waals surface area contributed by atoms with E-state index in [4.69, 9.17) is 19.3 Å². The summed E-state index contributed by atoms with van der Waals surface area (Å²) in [5.41, 5.74) is 0. The molecule has 0 aliphatic rings. The van der Waals surface area contributed by atoms with E-state index in [1.54, 1.807) is 0 Å². The fraction of sp³-hybridized carbons (Fsp3) is 0.610. The van der Waals surface area contributed by atoms with Crippen molar-refractivity contribution < 1.29 is 43.0 Å².